The number of likely N-dealkylation sites (tertiary alicyclic amines) is 1. The summed E-state index contributed by atoms with van der Waals surface area (Å²) in [6.45, 7) is 1.06. The number of benzene rings is 1. The lowest BCUT2D eigenvalue weighted by Crippen LogP contribution is -2.49. The Morgan fingerprint density at radius 3 is 2.38 bits per heavy atom. The molecule has 7 heteroatoms. The Kier molecular flexibility index (Phi) is 5.68. The van der Waals surface area contributed by atoms with Crippen molar-refractivity contribution in [1.29, 1.82) is 0 Å². The summed E-state index contributed by atoms with van der Waals surface area (Å²) in [4.78, 5) is 37.9. The van der Waals surface area contributed by atoms with E-state index in [0.717, 1.165) is 0 Å². The van der Waals surface area contributed by atoms with Crippen molar-refractivity contribution >= 4 is 17.7 Å². The third-order valence-corrected chi connectivity index (χ3v) is 4.36. The van der Waals surface area contributed by atoms with E-state index in [-0.39, 0.29) is 36.1 Å². The van der Waals surface area contributed by atoms with E-state index in [1.54, 1.807) is 41.3 Å². The van der Waals surface area contributed by atoms with Crippen LogP contribution in [0.5, 0.6) is 0 Å². The molecule has 1 aromatic carbocycles. The first-order chi connectivity index (χ1) is 12.6. The molecule has 1 saturated heterocycles. The van der Waals surface area contributed by atoms with Crippen molar-refractivity contribution in [2.24, 2.45) is 0 Å². The highest BCUT2D eigenvalue weighted by molar-refractivity contribution is 5.96. The van der Waals surface area contributed by atoms with Gasteiger partial charge in [0.1, 0.15) is 0 Å². The van der Waals surface area contributed by atoms with Crippen molar-refractivity contribution in [2.45, 2.75) is 18.9 Å². The van der Waals surface area contributed by atoms with Gasteiger partial charge in [-0.1, -0.05) is 18.2 Å². The number of nitrogens with zero attached hydrogens (tertiary/aromatic N) is 1. The molecule has 0 unspecified atom stereocenters. The fourth-order valence-corrected chi connectivity index (χ4v) is 2.90. The van der Waals surface area contributed by atoms with Crippen LogP contribution >= 0.6 is 0 Å². The lowest BCUT2D eigenvalue weighted by atomic mass is 10.0. The Bertz CT molecular complexity index is 750. The maximum atomic E-state index is 12.3. The molecule has 3 rings (SSSR count). The third kappa shape index (κ3) is 4.50. The summed E-state index contributed by atoms with van der Waals surface area (Å²) >= 11 is 0. The minimum Gasteiger partial charge on any atom is -0.459 e. The van der Waals surface area contributed by atoms with Gasteiger partial charge in [0, 0.05) is 24.7 Å². The molecule has 1 aliphatic heterocycles. The molecule has 26 heavy (non-hydrogen) atoms. The summed E-state index contributed by atoms with van der Waals surface area (Å²) in [6, 6.07) is 12.1. The van der Waals surface area contributed by atoms with E-state index < -0.39 is 0 Å². The van der Waals surface area contributed by atoms with Crippen LogP contribution in [0.25, 0.3) is 0 Å². The molecule has 7 nitrogen and oxygen atoms in total. The number of carbonyl (C=O) groups excluding carboxylic acids is 3. The number of hydrogen-bond acceptors (Lipinski definition) is 4. The maximum Gasteiger partial charge on any atom is 0.287 e. The van der Waals surface area contributed by atoms with Gasteiger partial charge < -0.3 is 20.0 Å². The van der Waals surface area contributed by atoms with E-state index in [1.165, 1.54) is 6.26 Å². The molecule has 2 heterocycles. The van der Waals surface area contributed by atoms with Crippen molar-refractivity contribution in [2.75, 3.05) is 19.6 Å². The van der Waals surface area contributed by atoms with Crippen molar-refractivity contribution in [3.63, 3.8) is 0 Å². The molecule has 1 aromatic heterocycles. The molecule has 0 spiro atoms. The van der Waals surface area contributed by atoms with Crippen molar-refractivity contribution in [3.8, 4) is 0 Å². The van der Waals surface area contributed by atoms with Gasteiger partial charge in [0.15, 0.2) is 5.76 Å². The normalized spacial score (nSPS) is 14.7. The molecular weight excluding hydrogens is 334 g/mol. The Balaban J connectivity index is 1.41. The zero-order valence-electron chi connectivity index (χ0n) is 14.3. The molecular formula is C19H21N3O4. The molecule has 0 atom stereocenters. The van der Waals surface area contributed by atoms with Crippen LogP contribution in [0, 0.1) is 0 Å². The predicted molar refractivity (Wildman–Crippen MR) is 94.6 cm³/mol. The standard InChI is InChI=1S/C19H21N3O4/c23-17(13-20-18(24)14-5-2-1-3-6-14)22-10-8-15(9-11-22)21-19(25)16-7-4-12-26-16/h1-7,12,15H,8-11,13H2,(H,20,24)(H,21,25). The van der Waals surface area contributed by atoms with Crippen LogP contribution in [0.15, 0.2) is 53.1 Å². The van der Waals surface area contributed by atoms with Gasteiger partial charge in [-0.15, -0.1) is 0 Å². The monoisotopic (exact) mass is 355 g/mol. The third-order valence-electron chi connectivity index (χ3n) is 4.36. The van der Waals surface area contributed by atoms with Gasteiger partial charge in [-0.25, -0.2) is 0 Å². The number of hydrogen-bond donors (Lipinski definition) is 2. The Hall–Kier alpha value is -3.09. The van der Waals surface area contributed by atoms with Gasteiger partial charge in [-0.3, -0.25) is 14.4 Å². The largest absolute Gasteiger partial charge is 0.459 e. The van der Waals surface area contributed by atoms with Gasteiger partial charge in [-0.05, 0) is 37.1 Å². The summed E-state index contributed by atoms with van der Waals surface area (Å²) in [5.41, 5.74) is 0.527. The topological polar surface area (TPSA) is 91.7 Å². The predicted octanol–water partition coefficient (Wildman–Crippen LogP) is 1.43. The molecule has 136 valence electrons. The fraction of sp³-hybridized carbons (Fsp3) is 0.316. The molecule has 0 aliphatic carbocycles. The second-order valence-electron chi connectivity index (χ2n) is 6.15. The molecule has 3 amide bonds. The molecule has 0 bridgehead atoms. The first-order valence-corrected chi connectivity index (χ1v) is 8.59. The zero-order valence-corrected chi connectivity index (χ0v) is 14.3. The Morgan fingerprint density at radius 2 is 1.73 bits per heavy atom. The minimum atomic E-state index is -0.264. The molecule has 1 aliphatic rings. The number of nitrogens with one attached hydrogen (secondary N) is 2. The first kappa shape index (κ1) is 17.7. The van der Waals surface area contributed by atoms with Crippen molar-refractivity contribution < 1.29 is 18.8 Å². The molecule has 2 aromatic rings. The molecule has 1 fully saturated rings. The second kappa shape index (κ2) is 8.33. The number of furan rings is 1. The van der Waals surface area contributed by atoms with Crippen LogP contribution in [0.4, 0.5) is 0 Å². The molecule has 0 saturated carbocycles. The average Bonchev–Trinajstić information content (AvgIpc) is 3.22. The van der Waals surface area contributed by atoms with Crippen molar-refractivity contribution in [1.82, 2.24) is 15.5 Å². The lowest BCUT2D eigenvalue weighted by Gasteiger charge is -2.32. The van der Waals surface area contributed by atoms with Gasteiger partial charge in [0.25, 0.3) is 11.8 Å². The van der Waals surface area contributed by atoms with Crippen molar-refractivity contribution in [3.05, 3.63) is 60.1 Å². The first-order valence-electron chi connectivity index (χ1n) is 8.59. The van der Waals surface area contributed by atoms with Crippen LogP contribution in [0.1, 0.15) is 33.8 Å². The molecule has 2 N–H and O–H groups in total. The minimum absolute atomic E-state index is 0.00978. The lowest BCUT2D eigenvalue weighted by molar-refractivity contribution is -0.131. The summed E-state index contributed by atoms with van der Waals surface area (Å²) in [6.07, 6.45) is 2.80. The smallest absolute Gasteiger partial charge is 0.287 e. The Morgan fingerprint density at radius 1 is 1.00 bits per heavy atom. The van der Waals surface area contributed by atoms with Gasteiger partial charge in [-0.2, -0.15) is 0 Å². The number of amides is 3. The second-order valence-corrected chi connectivity index (χ2v) is 6.15. The van der Waals surface area contributed by atoms with Crippen LogP contribution < -0.4 is 10.6 Å². The van der Waals surface area contributed by atoms with Gasteiger partial charge in [0.2, 0.25) is 5.91 Å². The number of rotatable bonds is 5. The maximum absolute atomic E-state index is 12.3. The van der Waals surface area contributed by atoms with E-state index >= 15 is 0 Å². The fourth-order valence-electron chi connectivity index (χ4n) is 2.90. The number of carbonyl (C=O) groups is 3. The van der Waals surface area contributed by atoms with Crippen LogP contribution in [-0.2, 0) is 4.79 Å². The van der Waals surface area contributed by atoms with E-state index in [1.807, 2.05) is 6.07 Å². The summed E-state index contributed by atoms with van der Waals surface area (Å²) < 4.78 is 5.07. The van der Waals surface area contributed by atoms with Crippen LogP contribution in [0.2, 0.25) is 0 Å². The highest BCUT2D eigenvalue weighted by atomic mass is 16.3. The van der Waals surface area contributed by atoms with E-state index in [4.69, 9.17) is 4.42 Å². The quantitative estimate of drug-likeness (QED) is 0.849. The van der Waals surface area contributed by atoms with E-state index in [9.17, 15) is 14.4 Å². The zero-order chi connectivity index (χ0) is 18.4. The van der Waals surface area contributed by atoms with Crippen LogP contribution in [0.3, 0.4) is 0 Å². The van der Waals surface area contributed by atoms with Crippen LogP contribution in [-0.4, -0.2) is 48.3 Å². The highest BCUT2D eigenvalue weighted by Gasteiger charge is 2.24. The Labute approximate surface area is 151 Å². The highest BCUT2D eigenvalue weighted by Crippen LogP contribution is 2.12. The van der Waals surface area contributed by atoms with E-state index in [2.05, 4.69) is 10.6 Å². The van der Waals surface area contributed by atoms with E-state index in [0.29, 0.717) is 31.5 Å². The summed E-state index contributed by atoms with van der Waals surface area (Å²) in [5.74, 6) is -0.341. The van der Waals surface area contributed by atoms with Gasteiger partial charge in [0.05, 0.1) is 12.8 Å². The SMILES string of the molecule is O=C(NCC(=O)N1CCC(NC(=O)c2ccco2)CC1)c1ccccc1. The summed E-state index contributed by atoms with van der Waals surface area (Å²) in [7, 11) is 0. The van der Waals surface area contributed by atoms with Gasteiger partial charge >= 0.3 is 0 Å². The summed E-state index contributed by atoms with van der Waals surface area (Å²) in [5, 5.41) is 5.56. The number of piperidine rings is 1. The average molecular weight is 355 g/mol. The molecule has 0 radical (unpaired) electrons.